The minimum atomic E-state index is -0.239. The number of hydrogen-bond acceptors (Lipinski definition) is 3. The summed E-state index contributed by atoms with van der Waals surface area (Å²) in [5.41, 5.74) is 0.897. The lowest BCUT2D eigenvalue weighted by Crippen LogP contribution is -2.50. The molecule has 0 atom stereocenters. The molecular formula is C21H19N3O3. The molecule has 2 aromatic carbocycles. The van der Waals surface area contributed by atoms with Crippen LogP contribution in [0.25, 0.3) is 10.8 Å². The van der Waals surface area contributed by atoms with E-state index in [1.54, 1.807) is 9.80 Å². The van der Waals surface area contributed by atoms with Gasteiger partial charge in [-0.15, -0.1) is 0 Å². The summed E-state index contributed by atoms with van der Waals surface area (Å²) in [6.07, 6.45) is 1.43. The smallest absolute Gasteiger partial charge is 0.255 e. The molecule has 0 bridgehead atoms. The van der Waals surface area contributed by atoms with Gasteiger partial charge in [0.2, 0.25) is 5.56 Å². The van der Waals surface area contributed by atoms with Crippen LogP contribution in [0, 0.1) is 0 Å². The molecule has 1 N–H and O–H groups in total. The lowest BCUT2D eigenvalue weighted by Gasteiger charge is -2.35. The Balaban J connectivity index is 1.47. The van der Waals surface area contributed by atoms with Gasteiger partial charge in [-0.25, -0.2) is 0 Å². The average Bonchev–Trinajstić information content (AvgIpc) is 2.73. The number of pyridine rings is 1. The summed E-state index contributed by atoms with van der Waals surface area (Å²) < 4.78 is 0. The quantitative estimate of drug-likeness (QED) is 0.760. The fourth-order valence-electron chi connectivity index (χ4n) is 3.42. The highest BCUT2D eigenvalue weighted by Gasteiger charge is 2.26. The van der Waals surface area contributed by atoms with Crippen LogP contribution in [0.5, 0.6) is 0 Å². The van der Waals surface area contributed by atoms with E-state index in [1.807, 2.05) is 42.5 Å². The van der Waals surface area contributed by atoms with Crippen molar-refractivity contribution in [3.63, 3.8) is 0 Å². The minimum absolute atomic E-state index is 0.0112. The van der Waals surface area contributed by atoms with Crippen molar-refractivity contribution in [1.29, 1.82) is 0 Å². The second-order valence-corrected chi connectivity index (χ2v) is 6.55. The molecule has 0 radical (unpaired) electrons. The van der Waals surface area contributed by atoms with E-state index >= 15 is 0 Å². The van der Waals surface area contributed by atoms with Crippen LogP contribution in [0.15, 0.2) is 65.6 Å². The molecule has 0 aliphatic carbocycles. The normalized spacial score (nSPS) is 14.4. The maximum Gasteiger partial charge on any atom is 0.255 e. The van der Waals surface area contributed by atoms with Crippen LogP contribution in [0.1, 0.15) is 20.7 Å². The zero-order valence-electron chi connectivity index (χ0n) is 14.7. The van der Waals surface area contributed by atoms with Crippen LogP contribution in [-0.2, 0) is 0 Å². The molecule has 1 aliphatic rings. The Morgan fingerprint density at radius 1 is 0.778 bits per heavy atom. The number of benzene rings is 2. The van der Waals surface area contributed by atoms with Gasteiger partial charge in [0.1, 0.15) is 0 Å². The number of aromatic amines is 1. The number of carbonyl (C=O) groups excluding carboxylic acids is 2. The SMILES string of the molecule is O=C(c1ccc(=O)[nH]c1)N1CCN(C(=O)c2cccc3ccccc23)CC1. The first-order valence-corrected chi connectivity index (χ1v) is 8.88. The van der Waals surface area contributed by atoms with Crippen LogP contribution < -0.4 is 5.56 Å². The third kappa shape index (κ3) is 3.33. The Morgan fingerprint density at radius 3 is 2.15 bits per heavy atom. The van der Waals surface area contributed by atoms with Crippen molar-refractivity contribution in [2.45, 2.75) is 0 Å². The third-order valence-electron chi connectivity index (χ3n) is 4.91. The van der Waals surface area contributed by atoms with Crippen LogP contribution in [0.2, 0.25) is 0 Å². The molecule has 1 aliphatic heterocycles. The summed E-state index contributed by atoms with van der Waals surface area (Å²) in [6.45, 7) is 1.90. The number of hydrogen-bond donors (Lipinski definition) is 1. The number of rotatable bonds is 2. The van der Waals surface area contributed by atoms with Crippen LogP contribution in [0.3, 0.4) is 0 Å². The molecule has 136 valence electrons. The van der Waals surface area contributed by atoms with Gasteiger partial charge in [-0.05, 0) is 22.9 Å². The van der Waals surface area contributed by atoms with Gasteiger partial charge in [0, 0.05) is 44.0 Å². The fourth-order valence-corrected chi connectivity index (χ4v) is 3.42. The Morgan fingerprint density at radius 2 is 1.44 bits per heavy atom. The number of nitrogens with zero attached hydrogens (tertiary/aromatic N) is 2. The van der Waals surface area contributed by atoms with E-state index in [4.69, 9.17) is 0 Å². The summed E-state index contributed by atoms with van der Waals surface area (Å²) in [6, 6.07) is 16.4. The number of amides is 2. The van der Waals surface area contributed by atoms with Crippen LogP contribution in [0.4, 0.5) is 0 Å². The van der Waals surface area contributed by atoms with Crippen molar-refractivity contribution in [2.75, 3.05) is 26.2 Å². The first kappa shape index (κ1) is 17.0. The first-order valence-electron chi connectivity index (χ1n) is 8.88. The predicted octanol–water partition coefficient (Wildman–Crippen LogP) is 2.13. The van der Waals surface area contributed by atoms with Gasteiger partial charge in [-0.1, -0.05) is 36.4 Å². The van der Waals surface area contributed by atoms with E-state index in [0.717, 1.165) is 10.8 Å². The highest BCUT2D eigenvalue weighted by atomic mass is 16.2. The summed E-state index contributed by atoms with van der Waals surface area (Å²) in [5.74, 6) is -0.147. The summed E-state index contributed by atoms with van der Waals surface area (Å²) >= 11 is 0. The number of H-pyrrole nitrogens is 1. The molecule has 4 rings (SSSR count). The molecule has 1 saturated heterocycles. The monoisotopic (exact) mass is 361 g/mol. The number of fused-ring (bicyclic) bond motifs is 1. The molecule has 2 amide bonds. The molecule has 6 nitrogen and oxygen atoms in total. The van der Waals surface area contributed by atoms with E-state index < -0.39 is 0 Å². The summed E-state index contributed by atoms with van der Waals surface area (Å²) in [7, 11) is 0. The van der Waals surface area contributed by atoms with Crippen LogP contribution in [-0.4, -0.2) is 52.8 Å². The molecule has 1 aromatic heterocycles. The highest BCUT2D eigenvalue weighted by Crippen LogP contribution is 2.21. The van der Waals surface area contributed by atoms with Crippen molar-refractivity contribution < 1.29 is 9.59 Å². The molecule has 0 saturated carbocycles. The third-order valence-corrected chi connectivity index (χ3v) is 4.91. The fraction of sp³-hybridized carbons (Fsp3) is 0.190. The maximum atomic E-state index is 13.0. The van der Waals surface area contributed by atoms with E-state index in [-0.39, 0.29) is 17.4 Å². The average molecular weight is 361 g/mol. The molecule has 1 fully saturated rings. The molecule has 6 heteroatoms. The molecule has 27 heavy (non-hydrogen) atoms. The molecule has 2 heterocycles. The first-order chi connectivity index (χ1) is 13.1. The topological polar surface area (TPSA) is 73.5 Å². The Bertz CT molecular complexity index is 1040. The number of aromatic nitrogens is 1. The second kappa shape index (κ2) is 7.07. The second-order valence-electron chi connectivity index (χ2n) is 6.55. The summed E-state index contributed by atoms with van der Waals surface area (Å²) in [4.78, 5) is 42.7. The highest BCUT2D eigenvalue weighted by molar-refractivity contribution is 6.07. The van der Waals surface area contributed by atoms with E-state index in [2.05, 4.69) is 4.98 Å². The van der Waals surface area contributed by atoms with Gasteiger partial charge in [-0.3, -0.25) is 14.4 Å². The largest absolute Gasteiger partial charge is 0.335 e. The van der Waals surface area contributed by atoms with E-state index in [0.29, 0.717) is 37.3 Å². The predicted molar refractivity (Wildman–Crippen MR) is 103 cm³/mol. The van der Waals surface area contributed by atoms with Crippen molar-refractivity contribution in [1.82, 2.24) is 14.8 Å². The lowest BCUT2D eigenvalue weighted by atomic mass is 10.0. The van der Waals surface area contributed by atoms with Gasteiger partial charge in [0.15, 0.2) is 0 Å². The Labute approximate surface area is 156 Å². The zero-order chi connectivity index (χ0) is 18.8. The van der Waals surface area contributed by atoms with Gasteiger partial charge in [0.05, 0.1) is 5.56 Å². The van der Waals surface area contributed by atoms with Crippen molar-refractivity contribution in [3.05, 3.63) is 82.3 Å². The summed E-state index contributed by atoms with van der Waals surface area (Å²) in [5, 5.41) is 1.98. The van der Waals surface area contributed by atoms with Crippen molar-refractivity contribution in [2.24, 2.45) is 0 Å². The molecule has 0 unspecified atom stereocenters. The standard InChI is InChI=1S/C21H19N3O3/c25-19-9-8-16(14-22-19)20(26)23-10-12-24(13-11-23)21(27)18-7-3-5-15-4-1-2-6-17(15)18/h1-9,14H,10-13H2,(H,22,25). The van der Waals surface area contributed by atoms with Gasteiger partial charge >= 0.3 is 0 Å². The van der Waals surface area contributed by atoms with Gasteiger partial charge in [-0.2, -0.15) is 0 Å². The van der Waals surface area contributed by atoms with E-state index in [1.165, 1.54) is 18.3 Å². The number of nitrogens with one attached hydrogen (secondary N) is 1. The van der Waals surface area contributed by atoms with Gasteiger partial charge < -0.3 is 14.8 Å². The number of carbonyl (C=O) groups is 2. The van der Waals surface area contributed by atoms with Crippen molar-refractivity contribution in [3.8, 4) is 0 Å². The zero-order valence-corrected chi connectivity index (χ0v) is 14.7. The number of piperazine rings is 1. The maximum absolute atomic E-state index is 13.0. The Kier molecular flexibility index (Phi) is 4.46. The lowest BCUT2D eigenvalue weighted by molar-refractivity contribution is 0.0536. The minimum Gasteiger partial charge on any atom is -0.335 e. The Hall–Kier alpha value is -3.41. The molecule has 3 aromatic rings. The molecule has 0 spiro atoms. The van der Waals surface area contributed by atoms with Gasteiger partial charge in [0.25, 0.3) is 11.8 Å². The van der Waals surface area contributed by atoms with Crippen molar-refractivity contribution >= 4 is 22.6 Å². The molecular weight excluding hydrogens is 342 g/mol. The van der Waals surface area contributed by atoms with E-state index in [9.17, 15) is 14.4 Å². The van der Waals surface area contributed by atoms with Crippen LogP contribution >= 0.6 is 0 Å².